The van der Waals surface area contributed by atoms with E-state index in [2.05, 4.69) is 57.1 Å². The second-order valence-electron chi connectivity index (χ2n) is 6.78. The van der Waals surface area contributed by atoms with Crippen molar-refractivity contribution in [3.8, 4) is 0 Å². The molecule has 1 aromatic rings. The van der Waals surface area contributed by atoms with Crippen LogP contribution in [-0.2, 0) is 10.2 Å². The Balaban J connectivity index is 2.41. The summed E-state index contributed by atoms with van der Waals surface area (Å²) in [5.41, 5.74) is 2.30. The van der Waals surface area contributed by atoms with Crippen molar-refractivity contribution in [2.45, 2.75) is 52.4 Å². The van der Waals surface area contributed by atoms with Crippen LogP contribution in [-0.4, -0.2) is 30.9 Å². The van der Waals surface area contributed by atoms with Crippen LogP contribution in [0.15, 0.2) is 24.3 Å². The van der Waals surface area contributed by atoms with E-state index in [1.807, 2.05) is 12.1 Å². The number of nitrogens with one attached hydrogen (secondary N) is 1. The number of nitrogens with zero attached hydrogens (tertiary/aromatic N) is 1. The van der Waals surface area contributed by atoms with Gasteiger partial charge < -0.3 is 10.2 Å². The highest BCUT2D eigenvalue weighted by atomic mass is 16.1. The van der Waals surface area contributed by atoms with Gasteiger partial charge in [-0.05, 0) is 43.1 Å². The van der Waals surface area contributed by atoms with E-state index in [9.17, 15) is 4.79 Å². The monoisotopic (exact) mass is 290 g/mol. The zero-order valence-corrected chi connectivity index (χ0v) is 14.2. The van der Waals surface area contributed by atoms with Crippen molar-refractivity contribution in [1.82, 2.24) is 4.90 Å². The minimum atomic E-state index is 0.0851. The van der Waals surface area contributed by atoms with Gasteiger partial charge in [0.05, 0.1) is 0 Å². The molecule has 21 heavy (non-hydrogen) atoms. The van der Waals surface area contributed by atoms with Crippen LogP contribution in [0.1, 0.15) is 52.5 Å². The first kappa shape index (κ1) is 17.7. The van der Waals surface area contributed by atoms with Crippen LogP contribution < -0.4 is 5.32 Å². The van der Waals surface area contributed by atoms with Gasteiger partial charge >= 0.3 is 0 Å². The molecule has 1 amide bonds. The first-order chi connectivity index (χ1) is 9.82. The number of unbranched alkanes of at least 4 members (excludes halogenated alkanes) is 1. The zero-order valence-electron chi connectivity index (χ0n) is 14.2. The lowest BCUT2D eigenvalue weighted by atomic mass is 9.87. The maximum atomic E-state index is 11.9. The average Bonchev–Trinajstić information content (AvgIpc) is 2.42. The molecule has 3 heteroatoms. The molecule has 0 heterocycles. The fraction of sp³-hybridized carbons (Fsp3) is 0.611. The standard InChI is InChI=1S/C18H30N2O/c1-6-7-13-20(5)14-12-17(21)19-16-10-8-15(9-11-16)18(2,3)4/h8-11H,6-7,12-14H2,1-5H3,(H,19,21). The molecule has 0 aliphatic carbocycles. The summed E-state index contributed by atoms with van der Waals surface area (Å²) in [5, 5.41) is 2.97. The number of rotatable bonds is 7. The van der Waals surface area contributed by atoms with E-state index in [0.717, 1.165) is 18.8 Å². The molecule has 0 spiro atoms. The minimum Gasteiger partial charge on any atom is -0.326 e. The lowest BCUT2D eigenvalue weighted by Crippen LogP contribution is -2.25. The van der Waals surface area contributed by atoms with Crippen molar-refractivity contribution in [3.63, 3.8) is 0 Å². The Bertz CT molecular complexity index is 432. The number of hydrogen-bond donors (Lipinski definition) is 1. The summed E-state index contributed by atoms with van der Waals surface area (Å²) in [5.74, 6) is 0.0851. The second kappa shape index (κ2) is 8.18. The molecule has 0 unspecified atom stereocenters. The summed E-state index contributed by atoms with van der Waals surface area (Å²) in [7, 11) is 2.07. The maximum Gasteiger partial charge on any atom is 0.225 e. The highest BCUT2D eigenvalue weighted by Crippen LogP contribution is 2.23. The van der Waals surface area contributed by atoms with Crippen LogP contribution >= 0.6 is 0 Å². The van der Waals surface area contributed by atoms with E-state index in [0.29, 0.717) is 6.42 Å². The smallest absolute Gasteiger partial charge is 0.225 e. The summed E-state index contributed by atoms with van der Waals surface area (Å²) in [6, 6.07) is 8.14. The van der Waals surface area contributed by atoms with Gasteiger partial charge in [0.1, 0.15) is 0 Å². The summed E-state index contributed by atoms with van der Waals surface area (Å²) < 4.78 is 0. The topological polar surface area (TPSA) is 32.3 Å². The summed E-state index contributed by atoms with van der Waals surface area (Å²) >= 11 is 0. The molecule has 0 fully saturated rings. The predicted octanol–water partition coefficient (Wildman–Crippen LogP) is 4.04. The van der Waals surface area contributed by atoms with Crippen molar-refractivity contribution in [1.29, 1.82) is 0 Å². The van der Waals surface area contributed by atoms with Gasteiger partial charge in [0.2, 0.25) is 5.91 Å². The van der Waals surface area contributed by atoms with Crippen molar-refractivity contribution in [2.24, 2.45) is 0 Å². The Labute approximate surface area is 129 Å². The zero-order chi connectivity index (χ0) is 15.9. The van der Waals surface area contributed by atoms with Gasteiger partial charge in [0.15, 0.2) is 0 Å². The lowest BCUT2D eigenvalue weighted by Gasteiger charge is -2.19. The van der Waals surface area contributed by atoms with E-state index < -0.39 is 0 Å². The summed E-state index contributed by atoms with van der Waals surface area (Å²) in [6.45, 7) is 10.6. The molecule has 0 saturated carbocycles. The molecular weight excluding hydrogens is 260 g/mol. The molecule has 0 aliphatic rings. The second-order valence-corrected chi connectivity index (χ2v) is 6.78. The van der Waals surface area contributed by atoms with Crippen molar-refractivity contribution < 1.29 is 4.79 Å². The van der Waals surface area contributed by atoms with Crippen molar-refractivity contribution in [2.75, 3.05) is 25.5 Å². The van der Waals surface area contributed by atoms with E-state index in [-0.39, 0.29) is 11.3 Å². The molecular formula is C18H30N2O. The van der Waals surface area contributed by atoms with E-state index in [1.165, 1.54) is 18.4 Å². The third-order valence-electron chi connectivity index (χ3n) is 3.65. The van der Waals surface area contributed by atoms with Gasteiger partial charge in [0, 0.05) is 18.7 Å². The average molecular weight is 290 g/mol. The number of anilines is 1. The van der Waals surface area contributed by atoms with E-state index >= 15 is 0 Å². The Hall–Kier alpha value is -1.35. The van der Waals surface area contributed by atoms with Crippen LogP contribution in [0.3, 0.4) is 0 Å². The first-order valence-electron chi connectivity index (χ1n) is 7.92. The van der Waals surface area contributed by atoms with Crippen molar-refractivity contribution >= 4 is 11.6 Å². The summed E-state index contributed by atoms with van der Waals surface area (Å²) in [6.07, 6.45) is 2.92. The van der Waals surface area contributed by atoms with E-state index in [4.69, 9.17) is 0 Å². The van der Waals surface area contributed by atoms with Gasteiger partial charge in [0.25, 0.3) is 0 Å². The predicted molar refractivity (Wildman–Crippen MR) is 90.8 cm³/mol. The number of carbonyl (C=O) groups is 1. The Morgan fingerprint density at radius 2 is 1.76 bits per heavy atom. The molecule has 1 N–H and O–H groups in total. The SMILES string of the molecule is CCCCN(C)CCC(=O)Nc1ccc(C(C)(C)C)cc1. The number of carbonyl (C=O) groups excluding carboxylic acids is 1. The first-order valence-corrected chi connectivity index (χ1v) is 7.92. The third-order valence-corrected chi connectivity index (χ3v) is 3.65. The van der Waals surface area contributed by atoms with Gasteiger partial charge in [-0.2, -0.15) is 0 Å². The normalized spacial score (nSPS) is 11.7. The quantitative estimate of drug-likeness (QED) is 0.822. The van der Waals surface area contributed by atoms with Crippen LogP contribution in [0.2, 0.25) is 0 Å². The van der Waals surface area contributed by atoms with Crippen molar-refractivity contribution in [3.05, 3.63) is 29.8 Å². The van der Waals surface area contributed by atoms with Gasteiger partial charge in [-0.3, -0.25) is 4.79 Å². The summed E-state index contributed by atoms with van der Waals surface area (Å²) in [4.78, 5) is 14.1. The number of hydrogen-bond acceptors (Lipinski definition) is 2. The van der Waals surface area contributed by atoms with Gasteiger partial charge in [-0.25, -0.2) is 0 Å². The number of amides is 1. The highest BCUT2D eigenvalue weighted by Gasteiger charge is 2.13. The lowest BCUT2D eigenvalue weighted by molar-refractivity contribution is -0.116. The molecule has 0 bridgehead atoms. The minimum absolute atomic E-state index is 0.0851. The fourth-order valence-corrected chi connectivity index (χ4v) is 2.11. The number of benzene rings is 1. The maximum absolute atomic E-state index is 11.9. The van der Waals surface area contributed by atoms with Gasteiger partial charge in [-0.15, -0.1) is 0 Å². The molecule has 1 aromatic carbocycles. The fourth-order valence-electron chi connectivity index (χ4n) is 2.11. The highest BCUT2D eigenvalue weighted by molar-refractivity contribution is 5.90. The Kier molecular flexibility index (Phi) is 6.90. The molecule has 118 valence electrons. The Morgan fingerprint density at radius 1 is 1.14 bits per heavy atom. The van der Waals surface area contributed by atoms with Crippen LogP contribution in [0, 0.1) is 0 Å². The molecule has 0 atom stereocenters. The van der Waals surface area contributed by atoms with Crippen LogP contribution in [0.5, 0.6) is 0 Å². The largest absolute Gasteiger partial charge is 0.326 e. The van der Waals surface area contributed by atoms with Gasteiger partial charge in [-0.1, -0.05) is 46.2 Å². The van der Waals surface area contributed by atoms with Crippen LogP contribution in [0.4, 0.5) is 5.69 Å². The molecule has 0 radical (unpaired) electrons. The molecule has 1 rings (SSSR count). The third kappa shape index (κ3) is 6.76. The molecule has 0 saturated heterocycles. The molecule has 0 aromatic heterocycles. The molecule has 3 nitrogen and oxygen atoms in total. The Morgan fingerprint density at radius 3 is 2.29 bits per heavy atom. The molecule has 0 aliphatic heterocycles. The van der Waals surface area contributed by atoms with Crippen LogP contribution in [0.25, 0.3) is 0 Å². The van der Waals surface area contributed by atoms with E-state index in [1.54, 1.807) is 0 Å².